The van der Waals surface area contributed by atoms with Gasteiger partial charge in [0.05, 0.1) is 24.4 Å². The van der Waals surface area contributed by atoms with Crippen molar-refractivity contribution in [1.29, 1.82) is 0 Å². The normalized spacial score (nSPS) is 36.6. The standard InChI is InChI=1S/C32H43ClN2O9/c1-4-23-25(36)24(35(3)30(38)41-17-22-8-6-5-7-9-22)27-28(26(23)37)43-29-32(40,44-27)31(39,14-19(2)42-29)18-34-16-21-12-10-20(15-33)11-13-21/h5-13,19,23-29,34,36-37,39-40H,4,14-18H2,1-3H3/t19-,23-,24+,25+,26+,27-,28-,29+,31-,32-/m1/s1. The molecule has 0 bridgehead atoms. The first-order chi connectivity index (χ1) is 21.0. The number of aliphatic hydroxyl groups excluding tert-OH is 2. The summed E-state index contributed by atoms with van der Waals surface area (Å²) in [6.07, 6.45) is -7.07. The van der Waals surface area contributed by atoms with Gasteiger partial charge in [-0.05, 0) is 30.0 Å². The molecule has 11 nitrogen and oxygen atoms in total. The molecule has 5 rings (SSSR count). The number of likely N-dealkylation sites (N-methyl/N-ethyl adjacent to an activating group) is 1. The summed E-state index contributed by atoms with van der Waals surface area (Å²) >= 11 is 5.89. The number of fused-ring (bicyclic) bond motifs is 2. The first-order valence-corrected chi connectivity index (χ1v) is 15.6. The van der Waals surface area contributed by atoms with Crippen molar-refractivity contribution >= 4 is 17.7 Å². The molecule has 0 spiro atoms. The molecule has 2 saturated heterocycles. The second-order valence-electron chi connectivity index (χ2n) is 12.1. The Hall–Kier alpha value is -2.32. The molecule has 2 aliphatic heterocycles. The highest BCUT2D eigenvalue weighted by atomic mass is 35.5. The van der Waals surface area contributed by atoms with Crippen LogP contribution in [0, 0.1) is 5.92 Å². The topological polar surface area (TPSA) is 150 Å². The van der Waals surface area contributed by atoms with E-state index in [-0.39, 0.29) is 19.6 Å². The van der Waals surface area contributed by atoms with Gasteiger partial charge in [-0.25, -0.2) is 4.79 Å². The average molecular weight is 635 g/mol. The van der Waals surface area contributed by atoms with E-state index in [0.29, 0.717) is 18.8 Å². The number of alkyl halides is 1. The fourth-order valence-corrected chi connectivity index (χ4v) is 6.82. The van der Waals surface area contributed by atoms with Crippen molar-refractivity contribution in [3.8, 4) is 0 Å². The SMILES string of the molecule is CC[C@H]1[C@H](O)[C@H]2O[C@@H]3O[C@H](C)C[C@@](O)(CNCc4ccc(CCl)cc4)[C@]3(O)O[C@@H]2[C@@H](N(C)C(=O)OCc2ccccc2)[C@H]1O. The van der Waals surface area contributed by atoms with Crippen LogP contribution in [0.5, 0.6) is 0 Å². The predicted octanol–water partition coefficient (Wildman–Crippen LogP) is 2.25. The lowest BCUT2D eigenvalue weighted by Gasteiger charge is -2.60. The number of carbonyl (C=O) groups excluding carboxylic acids is 1. The molecule has 5 N–H and O–H groups in total. The second kappa shape index (κ2) is 13.6. The van der Waals surface area contributed by atoms with Crippen LogP contribution in [-0.2, 0) is 38.0 Å². The first-order valence-electron chi connectivity index (χ1n) is 15.1. The van der Waals surface area contributed by atoms with Crippen molar-refractivity contribution in [2.75, 3.05) is 13.6 Å². The fourth-order valence-electron chi connectivity index (χ4n) is 6.64. The minimum Gasteiger partial charge on any atom is -0.445 e. The van der Waals surface area contributed by atoms with Gasteiger partial charge in [-0.15, -0.1) is 11.6 Å². The number of ether oxygens (including phenoxy) is 4. The lowest BCUT2D eigenvalue weighted by atomic mass is 9.73. The van der Waals surface area contributed by atoms with Gasteiger partial charge in [0, 0.05) is 38.4 Å². The van der Waals surface area contributed by atoms with Crippen molar-refractivity contribution < 1.29 is 44.2 Å². The Morgan fingerprint density at radius 2 is 1.70 bits per heavy atom. The molecule has 1 aliphatic carbocycles. The van der Waals surface area contributed by atoms with Crippen LogP contribution < -0.4 is 5.32 Å². The van der Waals surface area contributed by atoms with Crippen LogP contribution in [0.4, 0.5) is 4.79 Å². The Morgan fingerprint density at radius 1 is 1.02 bits per heavy atom. The van der Waals surface area contributed by atoms with Gasteiger partial charge in [-0.2, -0.15) is 0 Å². The summed E-state index contributed by atoms with van der Waals surface area (Å²) in [5.74, 6) is -2.67. The van der Waals surface area contributed by atoms with Gasteiger partial charge in [-0.1, -0.05) is 61.5 Å². The molecule has 2 aromatic rings. The van der Waals surface area contributed by atoms with Crippen molar-refractivity contribution in [1.82, 2.24) is 10.2 Å². The number of hydrogen-bond acceptors (Lipinski definition) is 10. The smallest absolute Gasteiger partial charge is 0.410 e. The monoisotopic (exact) mass is 634 g/mol. The molecule has 2 aromatic carbocycles. The van der Waals surface area contributed by atoms with Crippen molar-refractivity contribution in [3.05, 3.63) is 71.3 Å². The van der Waals surface area contributed by atoms with E-state index in [9.17, 15) is 25.2 Å². The van der Waals surface area contributed by atoms with Gasteiger partial charge in [0.15, 0.2) is 0 Å². The minimum atomic E-state index is -2.40. The molecule has 1 amide bonds. The van der Waals surface area contributed by atoms with E-state index in [1.807, 2.05) is 61.5 Å². The molecule has 0 radical (unpaired) electrons. The largest absolute Gasteiger partial charge is 0.445 e. The van der Waals surface area contributed by atoms with E-state index >= 15 is 0 Å². The highest BCUT2D eigenvalue weighted by molar-refractivity contribution is 6.17. The molecular weight excluding hydrogens is 592 g/mol. The highest BCUT2D eigenvalue weighted by Crippen LogP contribution is 2.48. The van der Waals surface area contributed by atoms with E-state index < -0.39 is 66.3 Å². The predicted molar refractivity (Wildman–Crippen MR) is 160 cm³/mol. The number of nitrogens with one attached hydrogen (secondary N) is 1. The summed E-state index contributed by atoms with van der Waals surface area (Å²) < 4.78 is 23.9. The van der Waals surface area contributed by atoms with Crippen LogP contribution in [0.15, 0.2) is 54.6 Å². The Kier molecular flexibility index (Phi) is 10.2. The van der Waals surface area contributed by atoms with Crippen LogP contribution in [0.25, 0.3) is 0 Å². The number of rotatable bonds is 9. The van der Waals surface area contributed by atoms with Crippen molar-refractivity contribution in [2.45, 2.75) is 100.0 Å². The summed E-state index contributed by atoms with van der Waals surface area (Å²) in [7, 11) is 1.46. The van der Waals surface area contributed by atoms with Gasteiger partial charge in [0.25, 0.3) is 0 Å². The van der Waals surface area contributed by atoms with Crippen LogP contribution >= 0.6 is 11.6 Å². The maximum Gasteiger partial charge on any atom is 0.410 e. The van der Waals surface area contributed by atoms with E-state index in [2.05, 4.69) is 5.32 Å². The lowest BCUT2D eigenvalue weighted by molar-refractivity contribution is -0.484. The molecule has 44 heavy (non-hydrogen) atoms. The number of amides is 1. The number of nitrogens with zero attached hydrogens (tertiary/aromatic N) is 1. The average Bonchev–Trinajstić information content (AvgIpc) is 3.01. The second-order valence-corrected chi connectivity index (χ2v) is 12.4. The molecular formula is C32H43ClN2O9. The van der Waals surface area contributed by atoms with Crippen LogP contribution in [-0.4, -0.2) is 99.3 Å². The van der Waals surface area contributed by atoms with Crippen LogP contribution in [0.1, 0.15) is 43.4 Å². The zero-order chi connectivity index (χ0) is 31.6. The molecule has 2 heterocycles. The van der Waals surface area contributed by atoms with Gasteiger partial charge < -0.3 is 49.6 Å². The van der Waals surface area contributed by atoms with Crippen molar-refractivity contribution in [2.24, 2.45) is 5.92 Å². The minimum absolute atomic E-state index is 0.00124. The Bertz CT molecular complexity index is 1260. The zero-order valence-electron chi connectivity index (χ0n) is 25.2. The maximum absolute atomic E-state index is 13.2. The highest BCUT2D eigenvalue weighted by Gasteiger charge is 2.69. The number of aliphatic hydroxyl groups is 4. The molecule has 0 unspecified atom stereocenters. The third-order valence-corrected chi connectivity index (χ3v) is 9.43. The molecule has 3 fully saturated rings. The van der Waals surface area contributed by atoms with E-state index in [1.165, 1.54) is 11.9 Å². The number of hydrogen-bond donors (Lipinski definition) is 5. The summed E-state index contributed by atoms with van der Waals surface area (Å²) in [4.78, 5) is 14.5. The summed E-state index contributed by atoms with van der Waals surface area (Å²) in [5, 5.41) is 50.0. The van der Waals surface area contributed by atoms with Crippen LogP contribution in [0.3, 0.4) is 0 Å². The fraction of sp³-hybridized carbons (Fsp3) is 0.594. The van der Waals surface area contributed by atoms with Crippen LogP contribution in [0.2, 0.25) is 0 Å². The Balaban J connectivity index is 1.37. The zero-order valence-corrected chi connectivity index (χ0v) is 26.0. The number of carbonyl (C=O) groups is 1. The third-order valence-electron chi connectivity index (χ3n) is 9.12. The third kappa shape index (κ3) is 6.35. The lowest BCUT2D eigenvalue weighted by Crippen LogP contribution is -2.80. The van der Waals surface area contributed by atoms with Crippen molar-refractivity contribution in [3.63, 3.8) is 0 Å². The summed E-state index contributed by atoms with van der Waals surface area (Å²) in [5.41, 5.74) is 0.822. The molecule has 242 valence electrons. The van der Waals surface area contributed by atoms with E-state index in [0.717, 1.165) is 16.7 Å². The van der Waals surface area contributed by atoms with E-state index in [4.69, 9.17) is 30.5 Å². The molecule has 1 saturated carbocycles. The molecule has 10 atom stereocenters. The van der Waals surface area contributed by atoms with Gasteiger partial charge in [0.1, 0.15) is 24.4 Å². The summed E-state index contributed by atoms with van der Waals surface area (Å²) in [6.45, 7) is 3.88. The molecule has 12 heteroatoms. The number of halogens is 1. The first kappa shape index (κ1) is 33.1. The maximum atomic E-state index is 13.2. The Morgan fingerprint density at radius 3 is 2.36 bits per heavy atom. The quantitative estimate of drug-likeness (QED) is 0.260. The summed E-state index contributed by atoms with van der Waals surface area (Å²) in [6, 6.07) is 15.8. The Labute approximate surface area is 262 Å². The molecule has 3 aliphatic rings. The molecule has 0 aromatic heterocycles. The van der Waals surface area contributed by atoms with Gasteiger partial charge in [0.2, 0.25) is 12.1 Å². The van der Waals surface area contributed by atoms with Gasteiger partial charge in [-0.3, -0.25) is 0 Å². The van der Waals surface area contributed by atoms with E-state index in [1.54, 1.807) is 6.92 Å². The van der Waals surface area contributed by atoms with Gasteiger partial charge >= 0.3 is 6.09 Å². The number of benzene rings is 2.